The zero-order valence-corrected chi connectivity index (χ0v) is 17.0. The first-order valence-electron chi connectivity index (χ1n) is 10.6. The van der Waals surface area contributed by atoms with E-state index in [1.807, 2.05) is 30.3 Å². The highest BCUT2D eigenvalue weighted by Gasteiger charge is 2.50. The van der Waals surface area contributed by atoms with Crippen LogP contribution < -0.4 is 5.32 Å². The van der Waals surface area contributed by atoms with E-state index < -0.39 is 12.1 Å². The smallest absolute Gasteiger partial charge is 0.475 e. The number of nitrogens with zero attached hydrogens (tertiary/aromatic N) is 1. The largest absolute Gasteiger partial charge is 0.490 e. The number of aromatic nitrogens is 1. The SMILES string of the molecule is O=C(NCC12CC3CC(CC(C3)C1)C2)c1cccc2ncccc12.O=C(O)C(F)(F)F. The molecule has 0 saturated heterocycles. The number of carbonyl (C=O) groups is 2. The number of carboxylic acid groups (broad SMARTS) is 1. The zero-order chi connectivity index (χ0) is 22.2. The monoisotopic (exact) mass is 434 g/mol. The molecule has 6 rings (SSSR count). The molecule has 0 spiro atoms. The number of aliphatic carboxylic acids is 1. The van der Waals surface area contributed by atoms with Gasteiger partial charge in [-0.1, -0.05) is 12.1 Å². The number of hydrogen-bond acceptors (Lipinski definition) is 3. The highest BCUT2D eigenvalue weighted by Crippen LogP contribution is 2.59. The van der Waals surface area contributed by atoms with Crippen molar-refractivity contribution in [2.45, 2.75) is 44.7 Å². The fraction of sp³-hybridized carbons (Fsp3) is 0.522. The van der Waals surface area contributed by atoms with Gasteiger partial charge in [0.2, 0.25) is 0 Å². The third kappa shape index (κ3) is 4.67. The van der Waals surface area contributed by atoms with Crippen molar-refractivity contribution < 1.29 is 27.9 Å². The molecule has 2 aromatic rings. The molecule has 0 aliphatic heterocycles. The van der Waals surface area contributed by atoms with E-state index >= 15 is 0 Å². The van der Waals surface area contributed by atoms with Gasteiger partial charge in [0.25, 0.3) is 5.91 Å². The molecule has 31 heavy (non-hydrogen) atoms. The summed E-state index contributed by atoms with van der Waals surface area (Å²) >= 11 is 0. The minimum atomic E-state index is -5.08. The van der Waals surface area contributed by atoms with Gasteiger partial charge in [-0.25, -0.2) is 4.79 Å². The Kier molecular flexibility index (Phi) is 5.66. The van der Waals surface area contributed by atoms with Gasteiger partial charge in [0.05, 0.1) is 5.52 Å². The number of amides is 1. The van der Waals surface area contributed by atoms with Gasteiger partial charge in [0.15, 0.2) is 0 Å². The van der Waals surface area contributed by atoms with Gasteiger partial charge in [-0.15, -0.1) is 0 Å². The van der Waals surface area contributed by atoms with E-state index in [0.29, 0.717) is 5.41 Å². The number of rotatable bonds is 3. The molecule has 4 bridgehead atoms. The summed E-state index contributed by atoms with van der Waals surface area (Å²) in [5.74, 6) is 0.0802. The van der Waals surface area contributed by atoms with E-state index in [1.165, 1.54) is 38.5 Å². The van der Waals surface area contributed by atoms with Crippen LogP contribution in [0.3, 0.4) is 0 Å². The maximum Gasteiger partial charge on any atom is 0.490 e. The summed E-state index contributed by atoms with van der Waals surface area (Å²) < 4.78 is 31.7. The lowest BCUT2D eigenvalue weighted by Gasteiger charge is -2.56. The first-order valence-corrected chi connectivity index (χ1v) is 10.6. The Bertz CT molecular complexity index is 949. The Balaban J connectivity index is 0.000000289. The van der Waals surface area contributed by atoms with E-state index in [0.717, 1.165) is 40.8 Å². The number of hydrogen-bond donors (Lipinski definition) is 2. The first kappa shape index (κ1) is 21.6. The van der Waals surface area contributed by atoms with Gasteiger partial charge in [-0.3, -0.25) is 9.78 Å². The number of halogens is 3. The van der Waals surface area contributed by atoms with Crippen LogP contribution in [0.4, 0.5) is 13.2 Å². The molecule has 0 radical (unpaired) electrons. The summed E-state index contributed by atoms with van der Waals surface area (Å²) in [6.07, 6.45) is 5.02. The molecular formula is C23H25F3N2O3. The molecule has 166 valence electrons. The Morgan fingerprint density at radius 2 is 1.61 bits per heavy atom. The lowest BCUT2D eigenvalue weighted by molar-refractivity contribution is -0.192. The Morgan fingerprint density at radius 3 is 2.16 bits per heavy atom. The number of fused-ring (bicyclic) bond motifs is 1. The van der Waals surface area contributed by atoms with Crippen LogP contribution in [0.25, 0.3) is 10.9 Å². The Labute approximate surface area is 178 Å². The van der Waals surface area contributed by atoms with E-state index in [9.17, 15) is 18.0 Å². The molecule has 1 aromatic heterocycles. The fourth-order valence-electron chi connectivity index (χ4n) is 6.17. The fourth-order valence-corrected chi connectivity index (χ4v) is 6.17. The lowest BCUT2D eigenvalue weighted by atomic mass is 9.49. The van der Waals surface area contributed by atoms with Crippen molar-refractivity contribution in [2.24, 2.45) is 23.2 Å². The summed E-state index contributed by atoms with van der Waals surface area (Å²) in [5, 5.41) is 11.4. The predicted molar refractivity (Wildman–Crippen MR) is 108 cm³/mol. The lowest BCUT2D eigenvalue weighted by Crippen LogP contribution is -2.51. The van der Waals surface area contributed by atoms with Gasteiger partial charge in [-0.05, 0) is 79.9 Å². The molecule has 5 nitrogen and oxygen atoms in total. The van der Waals surface area contributed by atoms with Crippen LogP contribution in [0, 0.1) is 23.2 Å². The van der Waals surface area contributed by atoms with Crippen molar-refractivity contribution in [3.63, 3.8) is 0 Å². The van der Waals surface area contributed by atoms with Crippen LogP contribution in [0.1, 0.15) is 48.9 Å². The molecule has 1 heterocycles. The average Bonchev–Trinajstić information content (AvgIpc) is 2.70. The normalized spacial score (nSPS) is 28.7. The number of carboxylic acids is 1. The van der Waals surface area contributed by atoms with Crippen LogP contribution >= 0.6 is 0 Å². The molecule has 8 heteroatoms. The van der Waals surface area contributed by atoms with Crippen LogP contribution in [-0.4, -0.2) is 34.7 Å². The molecule has 1 amide bonds. The summed E-state index contributed by atoms with van der Waals surface area (Å²) in [7, 11) is 0. The second-order valence-electron chi connectivity index (χ2n) is 9.28. The first-order chi connectivity index (χ1) is 14.7. The third-order valence-corrected chi connectivity index (χ3v) is 6.92. The van der Waals surface area contributed by atoms with Gasteiger partial charge < -0.3 is 10.4 Å². The highest BCUT2D eigenvalue weighted by atomic mass is 19.4. The topological polar surface area (TPSA) is 79.3 Å². The van der Waals surface area contributed by atoms with Gasteiger partial charge in [0.1, 0.15) is 0 Å². The van der Waals surface area contributed by atoms with E-state index in [4.69, 9.17) is 9.90 Å². The number of pyridine rings is 1. The van der Waals surface area contributed by atoms with Crippen molar-refractivity contribution in [1.82, 2.24) is 10.3 Å². The van der Waals surface area contributed by atoms with Crippen molar-refractivity contribution in [1.29, 1.82) is 0 Å². The second-order valence-corrected chi connectivity index (χ2v) is 9.28. The zero-order valence-electron chi connectivity index (χ0n) is 17.0. The van der Waals surface area contributed by atoms with Crippen molar-refractivity contribution in [3.8, 4) is 0 Å². The maximum atomic E-state index is 12.8. The molecule has 4 saturated carbocycles. The standard InChI is InChI=1S/C21H24N2O.C2HF3O2/c24-20(18-3-1-5-19-17(18)4-2-6-22-19)23-13-21-10-14-7-15(11-21)9-16(8-14)12-21;3-2(4,5)1(6)7/h1-6,14-16H,7-13H2,(H,23,24);(H,6,7). The number of carbonyl (C=O) groups excluding carboxylic acids is 1. The minimum absolute atomic E-state index is 0.0596. The van der Waals surface area contributed by atoms with Crippen LogP contribution in [-0.2, 0) is 4.79 Å². The van der Waals surface area contributed by atoms with Crippen molar-refractivity contribution in [3.05, 3.63) is 42.1 Å². The molecule has 4 fully saturated rings. The molecule has 4 aliphatic carbocycles. The van der Waals surface area contributed by atoms with E-state index in [1.54, 1.807) is 6.20 Å². The molecule has 0 atom stereocenters. The van der Waals surface area contributed by atoms with Gasteiger partial charge >= 0.3 is 12.1 Å². The molecular weight excluding hydrogens is 409 g/mol. The maximum absolute atomic E-state index is 12.8. The number of alkyl halides is 3. The van der Waals surface area contributed by atoms with Crippen LogP contribution in [0.5, 0.6) is 0 Å². The summed E-state index contributed by atoms with van der Waals surface area (Å²) in [5.41, 5.74) is 2.03. The molecule has 0 unspecified atom stereocenters. The van der Waals surface area contributed by atoms with E-state index in [2.05, 4.69) is 10.3 Å². The Morgan fingerprint density at radius 1 is 1.03 bits per heavy atom. The summed E-state index contributed by atoms with van der Waals surface area (Å²) in [6.45, 7) is 0.853. The number of benzene rings is 1. The predicted octanol–water partition coefficient (Wildman–Crippen LogP) is 4.81. The van der Waals surface area contributed by atoms with Gasteiger partial charge in [0, 0.05) is 23.7 Å². The number of nitrogens with one attached hydrogen (secondary N) is 1. The Hall–Kier alpha value is -2.64. The van der Waals surface area contributed by atoms with E-state index in [-0.39, 0.29) is 5.91 Å². The van der Waals surface area contributed by atoms with Crippen LogP contribution in [0.2, 0.25) is 0 Å². The quantitative estimate of drug-likeness (QED) is 0.726. The molecule has 2 N–H and O–H groups in total. The summed E-state index contributed by atoms with van der Waals surface area (Å²) in [4.78, 5) is 26.1. The van der Waals surface area contributed by atoms with Crippen molar-refractivity contribution >= 4 is 22.8 Å². The highest BCUT2D eigenvalue weighted by molar-refractivity contribution is 6.06. The molecule has 1 aromatic carbocycles. The van der Waals surface area contributed by atoms with Crippen LogP contribution in [0.15, 0.2) is 36.5 Å². The molecule has 4 aliphatic rings. The minimum Gasteiger partial charge on any atom is -0.475 e. The van der Waals surface area contributed by atoms with Crippen molar-refractivity contribution in [2.75, 3.05) is 6.54 Å². The second kappa shape index (κ2) is 8.13. The summed E-state index contributed by atoms with van der Waals surface area (Å²) in [6, 6.07) is 9.69. The average molecular weight is 434 g/mol. The van der Waals surface area contributed by atoms with Gasteiger partial charge in [-0.2, -0.15) is 13.2 Å². The third-order valence-electron chi connectivity index (χ3n) is 6.92.